The molecule has 2 aromatic rings. The molecule has 154 valence electrons. The standard InChI is InChI=1S/C21H22ClFN2O4/c1-12(2)18(25-19(26)15-5-3-4-6-16(15)22)20(27)24-17(21(28)29)11-13-7-9-14(23)10-8-13/h3-10,12,17-18H,11H2,1-2H3,(H,24,27)(H,25,26)(H,28,29)/t17-,18-/m1/s1. The Balaban J connectivity index is 2.12. The SMILES string of the molecule is CC(C)[C@@H](NC(=O)c1ccccc1Cl)C(=O)N[C@H](Cc1ccc(F)cc1)C(=O)O. The zero-order chi connectivity index (χ0) is 21.6. The maximum Gasteiger partial charge on any atom is 0.326 e. The highest BCUT2D eigenvalue weighted by atomic mass is 35.5. The van der Waals surface area contributed by atoms with Gasteiger partial charge in [-0.05, 0) is 35.7 Å². The summed E-state index contributed by atoms with van der Waals surface area (Å²) in [4.78, 5) is 36.8. The topological polar surface area (TPSA) is 95.5 Å². The van der Waals surface area contributed by atoms with Crippen LogP contribution >= 0.6 is 11.6 Å². The van der Waals surface area contributed by atoms with Gasteiger partial charge in [0.2, 0.25) is 5.91 Å². The molecule has 0 spiro atoms. The Morgan fingerprint density at radius 2 is 1.66 bits per heavy atom. The smallest absolute Gasteiger partial charge is 0.326 e. The van der Waals surface area contributed by atoms with Crippen LogP contribution in [0.25, 0.3) is 0 Å². The molecule has 29 heavy (non-hydrogen) atoms. The summed E-state index contributed by atoms with van der Waals surface area (Å²) < 4.78 is 13.0. The van der Waals surface area contributed by atoms with E-state index in [2.05, 4.69) is 10.6 Å². The molecule has 0 fully saturated rings. The number of amides is 2. The Morgan fingerprint density at radius 1 is 1.03 bits per heavy atom. The first-order valence-electron chi connectivity index (χ1n) is 9.02. The average molecular weight is 421 g/mol. The second kappa shape index (κ2) is 10.0. The van der Waals surface area contributed by atoms with E-state index in [-0.39, 0.29) is 22.9 Å². The van der Waals surface area contributed by atoms with Crippen molar-refractivity contribution in [2.75, 3.05) is 0 Å². The summed E-state index contributed by atoms with van der Waals surface area (Å²) in [5.41, 5.74) is 0.772. The summed E-state index contributed by atoms with van der Waals surface area (Å²) in [5, 5.41) is 14.8. The lowest BCUT2D eigenvalue weighted by Gasteiger charge is -2.24. The minimum atomic E-state index is -1.23. The highest BCUT2D eigenvalue weighted by Crippen LogP contribution is 2.16. The van der Waals surface area contributed by atoms with Crippen molar-refractivity contribution in [3.63, 3.8) is 0 Å². The van der Waals surface area contributed by atoms with E-state index in [9.17, 15) is 23.9 Å². The number of nitrogens with one attached hydrogen (secondary N) is 2. The van der Waals surface area contributed by atoms with Crippen LogP contribution in [0.1, 0.15) is 29.8 Å². The van der Waals surface area contributed by atoms with E-state index in [0.29, 0.717) is 5.56 Å². The van der Waals surface area contributed by atoms with Crippen molar-refractivity contribution in [1.82, 2.24) is 10.6 Å². The van der Waals surface area contributed by atoms with Gasteiger partial charge >= 0.3 is 5.97 Å². The predicted molar refractivity (Wildman–Crippen MR) is 107 cm³/mol. The van der Waals surface area contributed by atoms with Crippen LogP contribution in [0.15, 0.2) is 48.5 Å². The van der Waals surface area contributed by atoms with E-state index in [1.54, 1.807) is 32.0 Å². The summed E-state index contributed by atoms with van der Waals surface area (Å²) >= 11 is 6.02. The molecule has 2 aromatic carbocycles. The molecule has 6 nitrogen and oxygen atoms in total. The Morgan fingerprint density at radius 3 is 2.21 bits per heavy atom. The highest BCUT2D eigenvalue weighted by molar-refractivity contribution is 6.33. The van der Waals surface area contributed by atoms with Crippen molar-refractivity contribution in [3.8, 4) is 0 Å². The van der Waals surface area contributed by atoms with Gasteiger partial charge in [0.05, 0.1) is 10.6 Å². The van der Waals surface area contributed by atoms with Crippen molar-refractivity contribution in [1.29, 1.82) is 0 Å². The summed E-state index contributed by atoms with van der Waals surface area (Å²) in [6.45, 7) is 3.46. The average Bonchev–Trinajstić information content (AvgIpc) is 2.66. The van der Waals surface area contributed by atoms with Gasteiger partial charge in [0, 0.05) is 6.42 Å². The molecule has 0 aliphatic rings. The fourth-order valence-corrected chi connectivity index (χ4v) is 2.94. The monoisotopic (exact) mass is 420 g/mol. The van der Waals surface area contributed by atoms with Crippen LogP contribution in [-0.2, 0) is 16.0 Å². The van der Waals surface area contributed by atoms with Crippen LogP contribution in [0.4, 0.5) is 4.39 Å². The minimum absolute atomic E-state index is 0.0232. The number of benzene rings is 2. The van der Waals surface area contributed by atoms with Crippen LogP contribution in [0.3, 0.4) is 0 Å². The van der Waals surface area contributed by atoms with E-state index in [1.807, 2.05) is 0 Å². The zero-order valence-electron chi connectivity index (χ0n) is 16.0. The van der Waals surface area contributed by atoms with Gasteiger partial charge in [0.25, 0.3) is 5.91 Å². The maximum atomic E-state index is 13.0. The number of carbonyl (C=O) groups is 3. The number of halogens is 2. The van der Waals surface area contributed by atoms with Crippen molar-refractivity contribution in [3.05, 3.63) is 70.5 Å². The van der Waals surface area contributed by atoms with Crippen LogP contribution in [0, 0.1) is 11.7 Å². The van der Waals surface area contributed by atoms with Crippen molar-refractivity contribution < 1.29 is 23.9 Å². The molecular weight excluding hydrogens is 399 g/mol. The largest absolute Gasteiger partial charge is 0.480 e. The van der Waals surface area contributed by atoms with Gasteiger partial charge < -0.3 is 15.7 Å². The number of carboxylic acid groups (broad SMARTS) is 1. The van der Waals surface area contributed by atoms with Gasteiger partial charge in [0.1, 0.15) is 17.9 Å². The molecule has 8 heteroatoms. The molecule has 0 saturated carbocycles. The maximum absolute atomic E-state index is 13.0. The number of rotatable bonds is 8. The van der Waals surface area contributed by atoms with Crippen LogP contribution < -0.4 is 10.6 Å². The molecule has 2 amide bonds. The third-order valence-electron chi connectivity index (χ3n) is 4.32. The van der Waals surface area contributed by atoms with Crippen LogP contribution in [-0.4, -0.2) is 35.0 Å². The molecule has 0 bridgehead atoms. The van der Waals surface area contributed by atoms with E-state index in [1.165, 1.54) is 30.3 Å². The van der Waals surface area contributed by atoms with Gasteiger partial charge in [-0.1, -0.05) is 49.7 Å². The fraction of sp³-hybridized carbons (Fsp3) is 0.286. The zero-order valence-corrected chi connectivity index (χ0v) is 16.7. The lowest BCUT2D eigenvalue weighted by Crippen LogP contribution is -2.54. The van der Waals surface area contributed by atoms with Gasteiger partial charge in [-0.2, -0.15) is 0 Å². The normalized spacial score (nSPS) is 12.9. The molecule has 2 rings (SSSR count). The lowest BCUT2D eigenvalue weighted by atomic mass is 10.0. The quantitative estimate of drug-likeness (QED) is 0.611. The van der Waals surface area contributed by atoms with Gasteiger partial charge in [-0.25, -0.2) is 9.18 Å². The molecule has 0 heterocycles. The molecule has 0 aromatic heterocycles. The minimum Gasteiger partial charge on any atom is -0.480 e. The lowest BCUT2D eigenvalue weighted by molar-refractivity contribution is -0.142. The van der Waals surface area contributed by atoms with Crippen molar-refractivity contribution in [2.24, 2.45) is 5.92 Å². The first-order chi connectivity index (χ1) is 13.7. The van der Waals surface area contributed by atoms with Crippen molar-refractivity contribution in [2.45, 2.75) is 32.4 Å². The Labute approximate surface area is 173 Å². The molecule has 0 aliphatic carbocycles. The first kappa shape index (κ1) is 22.4. The molecule has 3 N–H and O–H groups in total. The first-order valence-corrected chi connectivity index (χ1v) is 9.40. The highest BCUT2D eigenvalue weighted by Gasteiger charge is 2.29. The number of hydrogen-bond acceptors (Lipinski definition) is 3. The predicted octanol–water partition coefficient (Wildman–Crippen LogP) is 3.05. The van der Waals surface area contributed by atoms with Gasteiger partial charge in [-0.3, -0.25) is 9.59 Å². The Hall–Kier alpha value is -2.93. The molecular formula is C21H22ClFN2O4. The number of carboxylic acids is 1. The van der Waals surface area contributed by atoms with E-state index < -0.39 is 35.7 Å². The number of carbonyl (C=O) groups excluding carboxylic acids is 2. The molecule has 0 aliphatic heterocycles. The van der Waals surface area contributed by atoms with Crippen LogP contribution in [0.2, 0.25) is 5.02 Å². The Bertz CT molecular complexity index is 887. The third-order valence-corrected chi connectivity index (χ3v) is 4.65. The molecule has 0 saturated heterocycles. The van der Waals surface area contributed by atoms with Gasteiger partial charge in [-0.15, -0.1) is 0 Å². The second-order valence-electron chi connectivity index (χ2n) is 6.90. The number of aliphatic carboxylic acids is 1. The van der Waals surface area contributed by atoms with Gasteiger partial charge in [0.15, 0.2) is 0 Å². The van der Waals surface area contributed by atoms with E-state index >= 15 is 0 Å². The summed E-state index contributed by atoms with van der Waals surface area (Å²) in [5.74, 6) is -3.14. The molecule has 0 radical (unpaired) electrons. The van der Waals surface area contributed by atoms with E-state index in [0.717, 1.165) is 0 Å². The summed E-state index contributed by atoms with van der Waals surface area (Å²) in [7, 11) is 0. The van der Waals surface area contributed by atoms with Crippen molar-refractivity contribution >= 4 is 29.4 Å². The third kappa shape index (κ3) is 6.29. The molecule has 2 atom stereocenters. The van der Waals surface area contributed by atoms with Crippen LogP contribution in [0.5, 0.6) is 0 Å². The Kier molecular flexibility index (Phi) is 7.73. The van der Waals surface area contributed by atoms with E-state index in [4.69, 9.17) is 11.6 Å². The summed E-state index contributed by atoms with van der Waals surface area (Å²) in [6.07, 6.45) is -0.0232. The summed E-state index contributed by atoms with van der Waals surface area (Å²) in [6, 6.07) is 9.57. The second-order valence-corrected chi connectivity index (χ2v) is 7.31. The fourth-order valence-electron chi connectivity index (χ4n) is 2.72. The number of hydrogen-bond donors (Lipinski definition) is 3. The molecule has 0 unspecified atom stereocenters.